The average Bonchev–Trinajstić information content (AvgIpc) is 1.50. The van der Waals surface area contributed by atoms with Gasteiger partial charge in [-0.05, 0) is 43.2 Å². The smallest absolute Gasteiger partial charge is 0.340 e. The highest BCUT2D eigenvalue weighted by molar-refractivity contribution is 8.14. The van der Waals surface area contributed by atoms with Gasteiger partial charge >= 0.3 is 53.7 Å². The van der Waals surface area contributed by atoms with Crippen molar-refractivity contribution in [1.29, 1.82) is 0 Å². The first-order valence-electron chi connectivity index (χ1n) is 30.7. The highest BCUT2D eigenvalue weighted by Gasteiger charge is 2.80. The number of esters is 5. The molecule has 14 atom stereocenters. The molecule has 107 heavy (non-hydrogen) atoms. The summed E-state index contributed by atoms with van der Waals surface area (Å²) in [5.74, 6) is -51.0. The third-order valence-corrected chi connectivity index (χ3v) is 19.7. The third kappa shape index (κ3) is 15.4. The van der Waals surface area contributed by atoms with Crippen LogP contribution in [0.2, 0.25) is 0 Å². The zero-order valence-electron chi connectivity index (χ0n) is 53.8. The van der Waals surface area contributed by atoms with E-state index in [4.69, 9.17) is 44.6 Å². The zero-order valence-corrected chi connectivity index (χ0v) is 55.5. The third-order valence-electron chi connectivity index (χ3n) is 17.1. The summed E-state index contributed by atoms with van der Waals surface area (Å²) in [6.45, 7) is -3.99. The SMILES string of the molecule is N[C@@H](CCC(=O)NC(CSC(=O)C1(O)[C@@H](SCC(NC(=O)CC[C@H](N)C(=O)O)C(=O)NCC(=O)O)[C@@H]2C(=O)O[C@H]3[C@H]4OC(=O)c5cc(O)c(O)c(O)c5-c5c(cc(O)c(O)c5O)C(=O)OC[C@H]3O[C@@H](OC(=O)c3cc(O)c(O)c(O)c3)[C@@H]4OC(=O)c3cc(O)c(O)c4c3[C@H]2[C@@]1(O)O4)C(=O)NCC(=O)O)C(=O)O. The molecule has 574 valence electrons. The van der Waals surface area contributed by atoms with Gasteiger partial charge in [-0.15, -0.1) is 0 Å². The van der Waals surface area contributed by atoms with Crippen LogP contribution in [0.15, 0.2) is 30.3 Å². The number of carbonyl (C=O) groups is 14. The highest BCUT2D eigenvalue weighted by Crippen LogP contribution is 2.67. The van der Waals surface area contributed by atoms with Crippen molar-refractivity contribution >= 4 is 106 Å². The number of ether oxygens (including phenoxy) is 7. The Kier molecular flexibility index (Phi) is 22.7. The van der Waals surface area contributed by atoms with Gasteiger partial charge < -0.3 is 153 Å². The molecule has 4 aliphatic heterocycles. The summed E-state index contributed by atoms with van der Waals surface area (Å²) in [7, 11) is 0. The average molecular weight is 1550 g/mol. The normalized spacial score (nSPS) is 23.6. The van der Waals surface area contributed by atoms with Crippen molar-refractivity contribution in [3.8, 4) is 80.1 Å². The number of aliphatic hydroxyl groups is 2. The number of benzene rings is 4. The molecule has 3 unspecified atom stereocenters. The van der Waals surface area contributed by atoms with Crippen molar-refractivity contribution < 1.29 is 187 Å². The summed E-state index contributed by atoms with van der Waals surface area (Å²) in [5, 5.41) is 189. The number of carboxylic acids is 4. The predicted molar refractivity (Wildman–Crippen MR) is 341 cm³/mol. The number of carboxylic acid groups (broad SMARTS) is 4. The van der Waals surface area contributed by atoms with Crippen LogP contribution in [0, 0.1) is 5.92 Å². The standard InChI is InChI=1S/C61H60N6O38S2/c62-19(51(87)88)1-3-29(73)66-21(49(85)64-10-31(75)76)13-106-48-36-37-35-18(9-27(72)41(82)45(35)105-61(37,98)60(48,97)59(96)107-14-22(50(86)65-11-32(77)78)67-30(74)4-2-20(63)52(89)90)56(94)103-47-46-44(101-57(36)95)28(100-58(47)104-53(91)15-5-23(68)38(79)24(69)6-15)12-99-54(92)16-7-25(70)39(80)42(83)33(16)34-17(55(93)102-46)8-26(71)40(81)43(34)84/h5-9,19-22,28,36-37,44,46-48,58,68-72,79-84,97-98H,1-4,10-14,62-63H2,(H,64,85)(H,65,86)(H,66,73)(H,67,74)(H,75,76)(H,77,78)(H,87,88)(H,89,90)/t19-,20-,21?,22?,28+,36+,37+,44+,46+,47+,48-,58-,60?,61+/m0/s1. The van der Waals surface area contributed by atoms with Crippen LogP contribution in [0.4, 0.5) is 0 Å². The number of rotatable bonds is 24. The molecule has 4 aromatic rings. The van der Waals surface area contributed by atoms with Crippen LogP contribution in [0.3, 0.4) is 0 Å². The van der Waals surface area contributed by atoms with Crippen molar-refractivity contribution in [2.45, 2.75) is 103 Å². The molecular formula is C61H60N6O38S2. The van der Waals surface area contributed by atoms with Crippen LogP contribution < -0.4 is 37.5 Å². The molecule has 25 N–H and O–H groups in total. The maximum absolute atomic E-state index is 16.3. The van der Waals surface area contributed by atoms with Gasteiger partial charge in [-0.3, -0.25) is 47.9 Å². The number of amides is 4. The summed E-state index contributed by atoms with van der Waals surface area (Å²) >= 11 is -0.349. The van der Waals surface area contributed by atoms with Crippen molar-refractivity contribution in [2.75, 3.05) is 31.2 Å². The fourth-order valence-corrected chi connectivity index (χ4v) is 14.6. The van der Waals surface area contributed by atoms with Gasteiger partial charge in [0, 0.05) is 41.0 Å². The molecular weight excluding hydrogens is 1490 g/mol. The Morgan fingerprint density at radius 3 is 1.55 bits per heavy atom. The number of thioether (sulfide) groups is 2. The van der Waals surface area contributed by atoms with Gasteiger partial charge in [0.2, 0.25) is 64.0 Å². The van der Waals surface area contributed by atoms with E-state index in [0.29, 0.717) is 24.3 Å². The molecule has 1 saturated carbocycles. The molecule has 0 spiro atoms. The minimum atomic E-state index is -4.11. The second-order valence-electron chi connectivity index (χ2n) is 24.0. The lowest BCUT2D eigenvalue weighted by molar-refractivity contribution is -0.287. The molecule has 46 heteroatoms. The van der Waals surface area contributed by atoms with Crippen molar-refractivity contribution in [3.05, 3.63) is 58.1 Å². The molecule has 1 aliphatic carbocycles. The molecule has 44 nitrogen and oxygen atoms in total. The minimum Gasteiger partial charge on any atom is -0.504 e. The topological polar surface area (TPSA) is 748 Å². The first-order valence-corrected chi connectivity index (χ1v) is 32.7. The number of aromatic hydroxyl groups is 11. The number of fused-ring (bicyclic) bond motifs is 3. The Morgan fingerprint density at radius 1 is 0.570 bits per heavy atom. The van der Waals surface area contributed by atoms with E-state index in [1.807, 2.05) is 10.6 Å². The van der Waals surface area contributed by atoms with Crippen LogP contribution in [0.5, 0.6) is 69.0 Å². The van der Waals surface area contributed by atoms with E-state index in [-0.39, 0.29) is 29.6 Å². The summed E-state index contributed by atoms with van der Waals surface area (Å²) in [5.41, 5.74) is -1.35. The lowest BCUT2D eigenvalue weighted by Crippen LogP contribution is -2.64. The van der Waals surface area contributed by atoms with E-state index in [0.717, 1.165) is 0 Å². The number of nitrogens with two attached hydrogens (primary N) is 2. The second-order valence-corrected chi connectivity index (χ2v) is 26.1. The number of nitrogens with one attached hydrogen (secondary N) is 4. The van der Waals surface area contributed by atoms with Gasteiger partial charge in [0.1, 0.15) is 50.0 Å². The van der Waals surface area contributed by atoms with Crippen LogP contribution in [-0.2, 0) is 76.4 Å². The van der Waals surface area contributed by atoms with Gasteiger partial charge in [-0.1, -0.05) is 11.8 Å². The van der Waals surface area contributed by atoms with Crippen LogP contribution in [-0.4, -0.2) is 272 Å². The van der Waals surface area contributed by atoms with Gasteiger partial charge in [-0.25, -0.2) is 19.2 Å². The summed E-state index contributed by atoms with van der Waals surface area (Å²) in [6, 6.07) is -5.96. The van der Waals surface area contributed by atoms with E-state index in [1.54, 1.807) is 0 Å². The van der Waals surface area contributed by atoms with Gasteiger partial charge in [-0.2, -0.15) is 11.8 Å². The molecule has 2 fully saturated rings. The molecule has 9 rings (SSSR count). The zero-order chi connectivity index (χ0) is 79.1. The number of cyclic esters (lactones) is 1. The van der Waals surface area contributed by atoms with Gasteiger partial charge in [0.25, 0.3) is 5.79 Å². The number of phenolic OH excluding ortho intramolecular Hbond substituents is 11. The van der Waals surface area contributed by atoms with E-state index in [1.165, 1.54) is 0 Å². The Balaban J connectivity index is 1.28. The highest BCUT2D eigenvalue weighted by atomic mass is 32.2. The largest absolute Gasteiger partial charge is 0.504 e. The van der Waals surface area contributed by atoms with Gasteiger partial charge in [0.05, 0.1) is 39.3 Å². The van der Waals surface area contributed by atoms with E-state index < -0.39 is 331 Å². The Hall–Kier alpha value is -12.2. The number of hydrogen-bond donors (Lipinski definition) is 23. The first kappa shape index (κ1) is 78.9. The molecule has 0 aromatic heterocycles. The maximum Gasteiger partial charge on any atom is 0.340 e. The van der Waals surface area contributed by atoms with E-state index in [2.05, 4.69) is 10.6 Å². The second kappa shape index (κ2) is 30.8. The van der Waals surface area contributed by atoms with Crippen LogP contribution >= 0.6 is 23.5 Å². The lowest BCUT2D eigenvalue weighted by atomic mass is 9.83. The quantitative estimate of drug-likeness (QED) is 0.0178. The van der Waals surface area contributed by atoms with Crippen molar-refractivity contribution in [1.82, 2.24) is 21.3 Å². The number of carbonyl (C=O) groups excluding carboxylic acids is 10. The van der Waals surface area contributed by atoms with Crippen LogP contribution in [0.25, 0.3) is 11.1 Å². The van der Waals surface area contributed by atoms with Gasteiger partial charge in [0.15, 0.2) is 64.0 Å². The number of aliphatic carboxylic acids is 4. The molecule has 4 bridgehead atoms. The first-order chi connectivity index (χ1) is 50.1. The molecule has 1 saturated heterocycles. The molecule has 5 aliphatic rings. The molecule has 4 heterocycles. The minimum absolute atomic E-state index is 0.0528. The molecule has 0 radical (unpaired) electrons. The van der Waals surface area contributed by atoms with E-state index in [9.17, 15) is 135 Å². The maximum atomic E-state index is 16.3. The Morgan fingerprint density at radius 2 is 1.04 bits per heavy atom. The summed E-state index contributed by atoms with van der Waals surface area (Å²) in [6.07, 6.45) is -16.7. The van der Waals surface area contributed by atoms with Crippen LogP contribution in [0.1, 0.15) is 78.6 Å². The van der Waals surface area contributed by atoms with Crippen molar-refractivity contribution in [2.24, 2.45) is 17.4 Å². The van der Waals surface area contributed by atoms with E-state index >= 15 is 19.2 Å². The predicted octanol–water partition coefficient (Wildman–Crippen LogP) is -4.81. The van der Waals surface area contributed by atoms with Crippen molar-refractivity contribution in [3.63, 3.8) is 0 Å². The molecule has 4 aromatic carbocycles. The number of hydrogen-bond acceptors (Lipinski definition) is 38. The number of phenols is 11. The molecule has 4 amide bonds. The lowest BCUT2D eigenvalue weighted by Gasteiger charge is -2.44. The summed E-state index contributed by atoms with van der Waals surface area (Å²) in [4.78, 5) is 193. The Labute approximate surface area is 602 Å². The Bertz CT molecular complexity index is 4420. The fourth-order valence-electron chi connectivity index (χ4n) is 11.9. The summed E-state index contributed by atoms with van der Waals surface area (Å²) < 4.78 is 41.0. The fraction of sp³-hybridized carbons (Fsp3) is 0.377. The monoisotopic (exact) mass is 1550 g/mol.